The molecule has 0 radical (unpaired) electrons. The number of nitrogens with zero attached hydrogens (tertiary/aromatic N) is 3. The Bertz CT molecular complexity index is 628. The van der Waals surface area contributed by atoms with Crippen LogP contribution >= 0.6 is 11.8 Å². The molecule has 0 aliphatic heterocycles. The molecule has 1 aromatic carbocycles. The van der Waals surface area contributed by atoms with E-state index in [-0.39, 0.29) is 11.5 Å². The van der Waals surface area contributed by atoms with Crippen molar-refractivity contribution in [2.45, 2.75) is 10.9 Å². The molecule has 19 heavy (non-hydrogen) atoms. The molecule has 4 N–H and O–H groups in total. The molecule has 1 aromatic heterocycles. The molecule has 0 aliphatic carbocycles. The fraction of sp³-hybridized carbons (Fsp3) is 0.182. The SMILES string of the molecule is Cn1c(N)nnc1SCc1cc(C(N)=O)ccc1F. The Kier molecular flexibility index (Phi) is 3.70. The molecule has 100 valence electrons. The second-order valence-electron chi connectivity index (χ2n) is 3.86. The monoisotopic (exact) mass is 281 g/mol. The van der Waals surface area contributed by atoms with Crippen molar-refractivity contribution in [1.29, 1.82) is 0 Å². The maximum Gasteiger partial charge on any atom is 0.248 e. The van der Waals surface area contributed by atoms with E-state index in [1.165, 1.54) is 30.0 Å². The summed E-state index contributed by atoms with van der Waals surface area (Å²) in [7, 11) is 1.72. The fourth-order valence-electron chi connectivity index (χ4n) is 1.43. The number of nitrogen functional groups attached to an aromatic ring is 1. The van der Waals surface area contributed by atoms with E-state index >= 15 is 0 Å². The van der Waals surface area contributed by atoms with Gasteiger partial charge in [0.2, 0.25) is 11.9 Å². The van der Waals surface area contributed by atoms with Gasteiger partial charge < -0.3 is 11.5 Å². The van der Waals surface area contributed by atoms with Gasteiger partial charge in [-0.1, -0.05) is 11.8 Å². The van der Waals surface area contributed by atoms with E-state index in [1.807, 2.05) is 0 Å². The van der Waals surface area contributed by atoms with Crippen molar-refractivity contribution in [3.63, 3.8) is 0 Å². The lowest BCUT2D eigenvalue weighted by Gasteiger charge is -2.05. The van der Waals surface area contributed by atoms with Crippen molar-refractivity contribution >= 4 is 23.6 Å². The van der Waals surface area contributed by atoms with Crippen molar-refractivity contribution < 1.29 is 9.18 Å². The Hall–Kier alpha value is -2.09. The van der Waals surface area contributed by atoms with Gasteiger partial charge in [0.25, 0.3) is 0 Å². The molecule has 0 spiro atoms. The number of hydrogen-bond acceptors (Lipinski definition) is 5. The number of thioether (sulfide) groups is 1. The van der Waals surface area contributed by atoms with Crippen LogP contribution in [-0.4, -0.2) is 20.7 Å². The van der Waals surface area contributed by atoms with E-state index in [0.29, 0.717) is 16.5 Å². The summed E-state index contributed by atoms with van der Waals surface area (Å²) in [5, 5.41) is 8.12. The molecule has 0 saturated heterocycles. The van der Waals surface area contributed by atoms with E-state index in [9.17, 15) is 9.18 Å². The van der Waals surface area contributed by atoms with Crippen LogP contribution in [0.2, 0.25) is 0 Å². The Labute approximate surface area is 113 Å². The van der Waals surface area contributed by atoms with Crippen molar-refractivity contribution in [2.24, 2.45) is 12.8 Å². The quantitative estimate of drug-likeness (QED) is 0.812. The minimum absolute atomic E-state index is 0.273. The number of nitrogens with two attached hydrogens (primary N) is 2. The first-order valence-corrected chi connectivity index (χ1v) is 6.33. The lowest BCUT2D eigenvalue weighted by molar-refractivity contribution is 0.1000. The fourth-order valence-corrected chi connectivity index (χ4v) is 2.32. The van der Waals surface area contributed by atoms with Crippen molar-refractivity contribution in [3.05, 3.63) is 35.1 Å². The third-order valence-electron chi connectivity index (χ3n) is 2.56. The molecule has 0 bridgehead atoms. The maximum atomic E-state index is 13.6. The summed E-state index contributed by atoms with van der Waals surface area (Å²) in [6, 6.07) is 4.01. The second kappa shape index (κ2) is 5.27. The summed E-state index contributed by atoms with van der Waals surface area (Å²) < 4.78 is 15.2. The van der Waals surface area contributed by atoms with Crippen LogP contribution in [0.3, 0.4) is 0 Å². The van der Waals surface area contributed by atoms with Crippen LogP contribution in [0.4, 0.5) is 10.3 Å². The third kappa shape index (κ3) is 2.84. The minimum Gasteiger partial charge on any atom is -0.368 e. The molecule has 0 saturated carbocycles. The van der Waals surface area contributed by atoms with Crippen molar-refractivity contribution in [1.82, 2.24) is 14.8 Å². The number of anilines is 1. The predicted octanol–water partition coefficient (Wildman–Crippen LogP) is 0.928. The lowest BCUT2D eigenvalue weighted by Crippen LogP contribution is -2.11. The highest BCUT2D eigenvalue weighted by molar-refractivity contribution is 7.98. The van der Waals surface area contributed by atoms with Gasteiger partial charge >= 0.3 is 0 Å². The van der Waals surface area contributed by atoms with Crippen molar-refractivity contribution in [2.75, 3.05) is 5.73 Å². The molecule has 6 nitrogen and oxygen atoms in total. The summed E-state index contributed by atoms with van der Waals surface area (Å²) in [5.74, 6) is -0.394. The summed E-state index contributed by atoms with van der Waals surface area (Å²) in [4.78, 5) is 11.0. The van der Waals surface area contributed by atoms with Gasteiger partial charge in [-0.25, -0.2) is 4.39 Å². The summed E-state index contributed by atoms with van der Waals surface area (Å²) >= 11 is 1.27. The van der Waals surface area contributed by atoms with Gasteiger partial charge in [0.1, 0.15) is 5.82 Å². The highest BCUT2D eigenvalue weighted by atomic mass is 32.2. The Morgan fingerprint density at radius 1 is 1.47 bits per heavy atom. The number of rotatable bonds is 4. The van der Waals surface area contributed by atoms with E-state index in [2.05, 4.69) is 10.2 Å². The van der Waals surface area contributed by atoms with Crippen LogP contribution in [0.1, 0.15) is 15.9 Å². The molecule has 0 aliphatic rings. The highest BCUT2D eigenvalue weighted by Gasteiger charge is 2.10. The molecule has 0 fully saturated rings. The first-order chi connectivity index (χ1) is 8.99. The Morgan fingerprint density at radius 3 is 2.79 bits per heavy atom. The normalized spacial score (nSPS) is 10.6. The van der Waals surface area contributed by atoms with E-state index in [0.717, 1.165) is 0 Å². The summed E-state index contributed by atoms with van der Waals surface area (Å²) in [6.07, 6.45) is 0. The van der Waals surface area contributed by atoms with Gasteiger partial charge in [-0.3, -0.25) is 9.36 Å². The van der Waals surface area contributed by atoms with Crippen molar-refractivity contribution in [3.8, 4) is 0 Å². The van der Waals surface area contributed by atoms with E-state index in [1.54, 1.807) is 11.6 Å². The minimum atomic E-state index is -0.589. The van der Waals surface area contributed by atoms with Crippen LogP contribution in [-0.2, 0) is 12.8 Å². The zero-order chi connectivity index (χ0) is 14.0. The molecule has 2 rings (SSSR count). The lowest BCUT2D eigenvalue weighted by atomic mass is 10.1. The van der Waals surface area contributed by atoms with Crippen LogP contribution in [0.5, 0.6) is 0 Å². The number of amides is 1. The van der Waals surface area contributed by atoms with Gasteiger partial charge in [-0.15, -0.1) is 10.2 Å². The topological polar surface area (TPSA) is 99.8 Å². The zero-order valence-corrected chi connectivity index (χ0v) is 10.9. The number of hydrogen-bond donors (Lipinski definition) is 2. The number of primary amides is 1. The average molecular weight is 281 g/mol. The molecule has 0 atom stereocenters. The van der Waals surface area contributed by atoms with Crippen LogP contribution in [0.15, 0.2) is 23.4 Å². The van der Waals surface area contributed by atoms with Gasteiger partial charge in [0, 0.05) is 18.4 Å². The molecule has 1 amide bonds. The smallest absolute Gasteiger partial charge is 0.248 e. The zero-order valence-electron chi connectivity index (χ0n) is 10.1. The van der Waals surface area contributed by atoms with Gasteiger partial charge in [-0.2, -0.15) is 0 Å². The van der Waals surface area contributed by atoms with Gasteiger partial charge in [0.15, 0.2) is 5.16 Å². The number of carbonyl (C=O) groups is 1. The van der Waals surface area contributed by atoms with E-state index in [4.69, 9.17) is 11.5 Å². The molecule has 0 unspecified atom stereocenters. The summed E-state index contributed by atoms with van der Waals surface area (Å²) in [6.45, 7) is 0. The van der Waals surface area contributed by atoms with Crippen LogP contribution < -0.4 is 11.5 Å². The number of halogens is 1. The molecular formula is C11H12FN5OS. The first-order valence-electron chi connectivity index (χ1n) is 5.35. The van der Waals surface area contributed by atoms with Crippen LogP contribution in [0, 0.1) is 5.82 Å². The Morgan fingerprint density at radius 2 is 2.21 bits per heavy atom. The van der Waals surface area contributed by atoms with Gasteiger partial charge in [-0.05, 0) is 23.8 Å². The predicted molar refractivity (Wildman–Crippen MR) is 69.9 cm³/mol. The average Bonchev–Trinajstić information content (AvgIpc) is 2.69. The maximum absolute atomic E-state index is 13.6. The number of carbonyl (C=O) groups excluding carboxylic acids is 1. The number of aromatic nitrogens is 3. The largest absolute Gasteiger partial charge is 0.368 e. The third-order valence-corrected chi connectivity index (χ3v) is 3.62. The second-order valence-corrected chi connectivity index (χ2v) is 4.80. The van der Waals surface area contributed by atoms with E-state index < -0.39 is 11.7 Å². The Balaban J connectivity index is 2.17. The molecular weight excluding hydrogens is 269 g/mol. The van der Waals surface area contributed by atoms with Gasteiger partial charge in [0.05, 0.1) is 0 Å². The standard InChI is InChI=1S/C11H12FN5OS/c1-17-10(14)15-16-11(17)19-5-7-4-6(9(13)18)2-3-8(7)12/h2-4H,5H2,1H3,(H2,13,18)(H2,14,15). The molecule has 1 heterocycles. The summed E-state index contributed by atoms with van der Waals surface area (Å²) in [5.41, 5.74) is 11.4. The van der Waals surface area contributed by atoms with Crippen LogP contribution in [0.25, 0.3) is 0 Å². The number of benzene rings is 1. The molecule has 8 heteroatoms. The first kappa shape index (κ1) is 13.3. The highest BCUT2D eigenvalue weighted by Crippen LogP contribution is 2.23. The molecule has 2 aromatic rings.